The van der Waals surface area contributed by atoms with E-state index >= 15 is 0 Å². The van der Waals surface area contributed by atoms with Crippen LogP contribution in [0.5, 0.6) is 0 Å². The Morgan fingerprint density at radius 2 is 2.21 bits per heavy atom. The highest BCUT2D eigenvalue weighted by Gasteiger charge is 2.12. The third kappa shape index (κ3) is 2.34. The Hall–Kier alpha value is -1.31. The van der Waals surface area contributed by atoms with Crippen molar-refractivity contribution in [1.29, 1.82) is 0 Å². The molecule has 0 fully saturated rings. The van der Waals surface area contributed by atoms with Crippen LogP contribution in [0.4, 0.5) is 0 Å². The molecule has 1 aliphatic rings. The number of allylic oxidation sites excluding steroid dienone is 5. The SMILES string of the molecule is CCC1=CCC=C(OC)C(C(C)=O)=C1. The predicted octanol–water partition coefficient (Wildman–Crippen LogP) is 2.77. The normalized spacial score (nSPS) is 16.4. The highest BCUT2D eigenvalue weighted by molar-refractivity contribution is 5.97. The van der Waals surface area contributed by atoms with Gasteiger partial charge in [-0.15, -0.1) is 0 Å². The Bertz CT molecular complexity index is 319. The summed E-state index contributed by atoms with van der Waals surface area (Å²) >= 11 is 0. The number of hydrogen-bond acceptors (Lipinski definition) is 2. The third-order valence-electron chi connectivity index (χ3n) is 2.29. The van der Waals surface area contributed by atoms with Crippen LogP contribution in [0.2, 0.25) is 0 Å². The maximum atomic E-state index is 11.4. The summed E-state index contributed by atoms with van der Waals surface area (Å²) in [4.78, 5) is 11.4. The van der Waals surface area contributed by atoms with Crippen LogP contribution in [-0.4, -0.2) is 12.9 Å². The lowest BCUT2D eigenvalue weighted by Gasteiger charge is -2.06. The van der Waals surface area contributed by atoms with Crippen LogP contribution in [0, 0.1) is 0 Å². The molecule has 0 bridgehead atoms. The van der Waals surface area contributed by atoms with Gasteiger partial charge in [-0.05, 0) is 31.9 Å². The molecule has 0 heterocycles. The standard InChI is InChI=1S/C12H16O2/c1-4-10-6-5-7-12(14-3)11(8-10)9(2)13/h6-8H,4-5H2,1-3H3. The predicted molar refractivity (Wildman–Crippen MR) is 56.8 cm³/mol. The molecule has 1 rings (SSSR count). The van der Waals surface area contributed by atoms with Gasteiger partial charge in [0, 0.05) is 0 Å². The van der Waals surface area contributed by atoms with Crippen molar-refractivity contribution < 1.29 is 9.53 Å². The molecule has 0 saturated carbocycles. The Morgan fingerprint density at radius 1 is 1.50 bits per heavy atom. The van der Waals surface area contributed by atoms with Gasteiger partial charge in [0.25, 0.3) is 0 Å². The smallest absolute Gasteiger partial charge is 0.163 e. The number of Topliss-reactive ketones (excluding diaryl/α,β-unsaturated/α-hetero) is 1. The lowest BCUT2D eigenvalue weighted by atomic mass is 10.1. The van der Waals surface area contributed by atoms with Gasteiger partial charge in [0.05, 0.1) is 12.7 Å². The second-order valence-electron chi connectivity index (χ2n) is 3.25. The minimum absolute atomic E-state index is 0.0550. The second kappa shape index (κ2) is 4.80. The summed E-state index contributed by atoms with van der Waals surface area (Å²) in [7, 11) is 1.60. The van der Waals surface area contributed by atoms with E-state index in [0.29, 0.717) is 11.3 Å². The summed E-state index contributed by atoms with van der Waals surface area (Å²) < 4.78 is 5.18. The van der Waals surface area contributed by atoms with Crippen molar-refractivity contribution in [1.82, 2.24) is 0 Å². The third-order valence-corrected chi connectivity index (χ3v) is 2.29. The van der Waals surface area contributed by atoms with E-state index in [0.717, 1.165) is 12.8 Å². The quantitative estimate of drug-likeness (QED) is 0.687. The molecule has 0 N–H and O–H groups in total. The van der Waals surface area contributed by atoms with E-state index < -0.39 is 0 Å². The molecule has 0 radical (unpaired) electrons. The average Bonchev–Trinajstić information content (AvgIpc) is 2.38. The minimum Gasteiger partial charge on any atom is -0.496 e. The van der Waals surface area contributed by atoms with Gasteiger partial charge in [0.2, 0.25) is 0 Å². The van der Waals surface area contributed by atoms with Crippen molar-refractivity contribution in [2.24, 2.45) is 0 Å². The Morgan fingerprint density at radius 3 is 2.71 bits per heavy atom. The fraction of sp³-hybridized carbons (Fsp3) is 0.417. The maximum absolute atomic E-state index is 11.4. The van der Waals surface area contributed by atoms with E-state index in [-0.39, 0.29) is 5.78 Å². The zero-order chi connectivity index (χ0) is 10.6. The zero-order valence-corrected chi connectivity index (χ0v) is 8.96. The number of methoxy groups -OCH3 is 1. The van der Waals surface area contributed by atoms with Gasteiger partial charge in [-0.1, -0.05) is 18.6 Å². The van der Waals surface area contributed by atoms with Gasteiger partial charge < -0.3 is 4.74 Å². The summed E-state index contributed by atoms with van der Waals surface area (Å²) in [5.41, 5.74) is 1.87. The molecule has 0 atom stereocenters. The van der Waals surface area contributed by atoms with E-state index in [2.05, 4.69) is 13.0 Å². The van der Waals surface area contributed by atoms with Crippen molar-refractivity contribution in [2.75, 3.05) is 7.11 Å². The Labute approximate surface area is 85.0 Å². The molecular formula is C12H16O2. The largest absolute Gasteiger partial charge is 0.496 e. The highest BCUT2D eigenvalue weighted by atomic mass is 16.5. The molecule has 0 aromatic carbocycles. The summed E-state index contributed by atoms with van der Waals surface area (Å²) in [6.07, 6.45) is 7.76. The number of hydrogen-bond donors (Lipinski definition) is 0. The summed E-state index contributed by atoms with van der Waals surface area (Å²) in [6.45, 7) is 3.65. The molecule has 0 unspecified atom stereocenters. The van der Waals surface area contributed by atoms with Crippen LogP contribution >= 0.6 is 0 Å². The van der Waals surface area contributed by atoms with E-state index in [1.54, 1.807) is 14.0 Å². The van der Waals surface area contributed by atoms with Crippen molar-refractivity contribution in [3.63, 3.8) is 0 Å². The molecule has 0 spiro atoms. The molecule has 0 aromatic rings. The zero-order valence-electron chi connectivity index (χ0n) is 8.96. The lowest BCUT2D eigenvalue weighted by molar-refractivity contribution is -0.113. The van der Waals surface area contributed by atoms with Crippen LogP contribution in [-0.2, 0) is 9.53 Å². The van der Waals surface area contributed by atoms with Gasteiger partial charge in [-0.2, -0.15) is 0 Å². The van der Waals surface area contributed by atoms with Crippen LogP contribution < -0.4 is 0 Å². The molecule has 14 heavy (non-hydrogen) atoms. The molecule has 0 amide bonds. The number of carbonyl (C=O) groups excluding carboxylic acids is 1. The monoisotopic (exact) mass is 192 g/mol. The second-order valence-corrected chi connectivity index (χ2v) is 3.25. The first-order valence-electron chi connectivity index (χ1n) is 4.85. The first-order chi connectivity index (χ1) is 6.69. The molecule has 0 aromatic heterocycles. The number of rotatable bonds is 3. The van der Waals surface area contributed by atoms with Crippen molar-refractivity contribution in [2.45, 2.75) is 26.7 Å². The molecule has 0 saturated heterocycles. The Kier molecular flexibility index (Phi) is 3.69. The molecule has 0 aliphatic heterocycles. The topological polar surface area (TPSA) is 26.3 Å². The molecular weight excluding hydrogens is 176 g/mol. The van der Waals surface area contributed by atoms with Gasteiger partial charge in [0.15, 0.2) is 5.78 Å². The summed E-state index contributed by atoms with van der Waals surface area (Å²) in [6, 6.07) is 0. The average molecular weight is 192 g/mol. The van der Waals surface area contributed by atoms with Crippen molar-refractivity contribution in [3.8, 4) is 0 Å². The fourth-order valence-electron chi connectivity index (χ4n) is 1.46. The lowest BCUT2D eigenvalue weighted by Crippen LogP contribution is -2.02. The maximum Gasteiger partial charge on any atom is 0.163 e. The number of carbonyl (C=O) groups is 1. The van der Waals surface area contributed by atoms with E-state index in [1.807, 2.05) is 12.2 Å². The summed E-state index contributed by atoms with van der Waals surface area (Å²) in [5.74, 6) is 0.747. The van der Waals surface area contributed by atoms with E-state index in [9.17, 15) is 4.79 Å². The van der Waals surface area contributed by atoms with Gasteiger partial charge in [-0.25, -0.2) is 0 Å². The van der Waals surface area contributed by atoms with Crippen molar-refractivity contribution >= 4 is 5.78 Å². The first-order valence-corrected chi connectivity index (χ1v) is 4.85. The van der Waals surface area contributed by atoms with Crippen LogP contribution in [0.15, 0.2) is 35.1 Å². The summed E-state index contributed by atoms with van der Waals surface area (Å²) in [5, 5.41) is 0. The van der Waals surface area contributed by atoms with Gasteiger partial charge >= 0.3 is 0 Å². The van der Waals surface area contributed by atoms with E-state index in [1.165, 1.54) is 5.57 Å². The van der Waals surface area contributed by atoms with Crippen molar-refractivity contribution in [3.05, 3.63) is 35.1 Å². The molecule has 2 nitrogen and oxygen atoms in total. The number of ether oxygens (including phenoxy) is 1. The van der Waals surface area contributed by atoms with E-state index in [4.69, 9.17) is 4.74 Å². The molecule has 2 heteroatoms. The van der Waals surface area contributed by atoms with Gasteiger partial charge in [0.1, 0.15) is 5.76 Å². The molecule has 76 valence electrons. The first kappa shape index (κ1) is 10.8. The Balaban J connectivity index is 3.06. The molecule has 1 aliphatic carbocycles. The van der Waals surface area contributed by atoms with Crippen LogP contribution in [0.25, 0.3) is 0 Å². The highest BCUT2D eigenvalue weighted by Crippen LogP contribution is 2.21. The minimum atomic E-state index is 0.0550. The van der Waals surface area contributed by atoms with Crippen LogP contribution in [0.3, 0.4) is 0 Å². The fourth-order valence-corrected chi connectivity index (χ4v) is 1.46. The van der Waals surface area contributed by atoms with Gasteiger partial charge in [-0.3, -0.25) is 4.79 Å². The van der Waals surface area contributed by atoms with Crippen LogP contribution in [0.1, 0.15) is 26.7 Å². The number of ketones is 1.